The number of nitrogens with zero attached hydrogens (tertiary/aromatic N) is 6. The second-order valence-electron chi connectivity index (χ2n) is 7.47. The van der Waals surface area contributed by atoms with Crippen LogP contribution in [0, 0.1) is 6.92 Å². The molecule has 0 spiro atoms. The van der Waals surface area contributed by atoms with E-state index >= 15 is 0 Å². The molecule has 9 nitrogen and oxygen atoms in total. The van der Waals surface area contributed by atoms with Gasteiger partial charge in [0.1, 0.15) is 0 Å². The smallest absolute Gasteiger partial charge is 0.322 e. The lowest BCUT2D eigenvalue weighted by Crippen LogP contribution is -2.54. The normalized spacial score (nSPS) is 16.7. The lowest BCUT2D eigenvalue weighted by molar-refractivity contribution is 0.200. The molecule has 9 heteroatoms. The molecule has 1 saturated heterocycles. The van der Waals surface area contributed by atoms with Crippen LogP contribution in [-0.4, -0.2) is 63.0 Å². The Balaban J connectivity index is 1.44. The number of piperazine rings is 1. The van der Waals surface area contributed by atoms with Crippen molar-refractivity contribution in [2.45, 2.75) is 26.8 Å². The molecule has 1 aliphatic rings. The minimum atomic E-state index is -0.114. The average molecular weight is 409 g/mol. The third-order valence-electron chi connectivity index (χ3n) is 5.43. The Labute approximate surface area is 175 Å². The van der Waals surface area contributed by atoms with E-state index < -0.39 is 0 Å². The third-order valence-corrected chi connectivity index (χ3v) is 5.43. The molecule has 0 bridgehead atoms. The van der Waals surface area contributed by atoms with Gasteiger partial charge in [-0.1, -0.05) is 0 Å². The Morgan fingerprint density at radius 2 is 2.13 bits per heavy atom. The van der Waals surface area contributed by atoms with Gasteiger partial charge in [-0.2, -0.15) is 5.10 Å². The van der Waals surface area contributed by atoms with Gasteiger partial charge in [-0.15, -0.1) is 0 Å². The Hall–Kier alpha value is -3.36. The number of rotatable bonds is 4. The molecular formula is C21H27N7O2. The number of hydrogen-bond donors (Lipinski definition) is 1. The molecule has 0 aliphatic carbocycles. The summed E-state index contributed by atoms with van der Waals surface area (Å²) in [4.78, 5) is 25.8. The molecule has 0 aromatic carbocycles. The molecule has 4 rings (SSSR count). The second-order valence-corrected chi connectivity index (χ2v) is 7.47. The summed E-state index contributed by atoms with van der Waals surface area (Å²) < 4.78 is 7.19. The highest BCUT2D eigenvalue weighted by Gasteiger charge is 2.28. The fraction of sp³-hybridized carbons (Fsp3) is 0.429. The first-order valence-electron chi connectivity index (χ1n) is 10.2. The van der Waals surface area contributed by atoms with Crippen LogP contribution in [-0.2, 0) is 7.05 Å². The number of amides is 2. The van der Waals surface area contributed by atoms with Crippen LogP contribution in [0.15, 0.2) is 30.6 Å². The Kier molecular flexibility index (Phi) is 5.43. The number of pyridine rings is 2. The number of fused-ring (bicyclic) bond motifs is 1. The van der Waals surface area contributed by atoms with Crippen molar-refractivity contribution < 1.29 is 9.53 Å². The van der Waals surface area contributed by atoms with Crippen LogP contribution in [0.25, 0.3) is 11.0 Å². The monoisotopic (exact) mass is 409 g/mol. The van der Waals surface area contributed by atoms with E-state index in [-0.39, 0.29) is 12.1 Å². The first-order chi connectivity index (χ1) is 14.5. The van der Waals surface area contributed by atoms with Gasteiger partial charge in [0, 0.05) is 45.0 Å². The van der Waals surface area contributed by atoms with E-state index in [4.69, 9.17) is 4.74 Å². The van der Waals surface area contributed by atoms with Crippen LogP contribution in [0.1, 0.15) is 19.5 Å². The van der Waals surface area contributed by atoms with Crippen molar-refractivity contribution in [2.24, 2.45) is 7.05 Å². The highest BCUT2D eigenvalue weighted by molar-refractivity contribution is 5.91. The summed E-state index contributed by atoms with van der Waals surface area (Å²) in [5.41, 5.74) is 3.40. The Morgan fingerprint density at radius 1 is 1.30 bits per heavy atom. The predicted octanol–water partition coefficient (Wildman–Crippen LogP) is 2.81. The molecule has 0 unspecified atom stereocenters. The maximum absolute atomic E-state index is 12.8. The van der Waals surface area contributed by atoms with E-state index in [1.807, 2.05) is 50.3 Å². The molecule has 158 valence electrons. The van der Waals surface area contributed by atoms with Crippen LogP contribution in [0.5, 0.6) is 5.88 Å². The molecule has 30 heavy (non-hydrogen) atoms. The molecule has 2 amide bonds. The summed E-state index contributed by atoms with van der Waals surface area (Å²) in [6.07, 6.45) is 3.66. The van der Waals surface area contributed by atoms with Crippen LogP contribution < -0.4 is 15.0 Å². The maximum Gasteiger partial charge on any atom is 0.322 e. The van der Waals surface area contributed by atoms with Crippen molar-refractivity contribution in [3.8, 4) is 5.88 Å². The first-order valence-corrected chi connectivity index (χ1v) is 10.2. The molecular weight excluding hydrogens is 382 g/mol. The summed E-state index contributed by atoms with van der Waals surface area (Å²) in [5, 5.41) is 8.34. The van der Waals surface area contributed by atoms with Gasteiger partial charge >= 0.3 is 6.03 Å². The molecule has 3 aromatic rings. The quantitative estimate of drug-likeness (QED) is 0.713. The molecule has 4 heterocycles. The zero-order chi connectivity index (χ0) is 21.3. The number of aromatic nitrogens is 4. The van der Waals surface area contributed by atoms with Crippen LogP contribution in [0.4, 0.5) is 16.2 Å². The molecule has 0 radical (unpaired) electrons. The van der Waals surface area contributed by atoms with Crippen molar-refractivity contribution in [2.75, 3.05) is 36.5 Å². The first kappa shape index (κ1) is 19.9. The summed E-state index contributed by atoms with van der Waals surface area (Å²) in [7, 11) is 1.89. The molecule has 1 aliphatic heterocycles. The number of anilines is 2. The van der Waals surface area contributed by atoms with Gasteiger partial charge in [-0.05, 0) is 32.9 Å². The highest BCUT2D eigenvalue weighted by atomic mass is 16.5. The standard InChI is InChI=1S/C21H27N7O2/c1-5-30-19-7-6-17(15(3)24-19)25-21(29)27-10-11-28(14(2)13-27)18-8-9-22-20-16(18)12-23-26(20)4/h6-9,12,14H,5,10-11,13H2,1-4H3,(H,25,29)/t14-/m0/s1. The zero-order valence-electron chi connectivity index (χ0n) is 17.8. The van der Waals surface area contributed by atoms with Gasteiger partial charge in [0.05, 0.1) is 35.3 Å². The van der Waals surface area contributed by atoms with Gasteiger partial charge in [0.15, 0.2) is 5.65 Å². The largest absolute Gasteiger partial charge is 0.478 e. The fourth-order valence-electron chi connectivity index (χ4n) is 3.88. The van der Waals surface area contributed by atoms with Crippen molar-refractivity contribution >= 4 is 28.4 Å². The lowest BCUT2D eigenvalue weighted by atomic mass is 10.1. The van der Waals surface area contributed by atoms with Crippen molar-refractivity contribution in [1.29, 1.82) is 0 Å². The van der Waals surface area contributed by atoms with E-state index in [0.717, 1.165) is 29.0 Å². The maximum atomic E-state index is 12.8. The van der Waals surface area contributed by atoms with Gasteiger partial charge in [-0.3, -0.25) is 4.68 Å². The summed E-state index contributed by atoms with van der Waals surface area (Å²) in [6, 6.07) is 5.67. The van der Waals surface area contributed by atoms with Crippen molar-refractivity contribution in [3.63, 3.8) is 0 Å². The van der Waals surface area contributed by atoms with Gasteiger partial charge in [0.2, 0.25) is 5.88 Å². The average Bonchev–Trinajstić information content (AvgIpc) is 3.11. The van der Waals surface area contributed by atoms with Crippen LogP contribution in [0.2, 0.25) is 0 Å². The number of ether oxygens (including phenoxy) is 1. The van der Waals surface area contributed by atoms with Crippen molar-refractivity contribution in [3.05, 3.63) is 36.3 Å². The molecule has 1 fully saturated rings. The number of urea groups is 1. The van der Waals surface area contributed by atoms with E-state index in [2.05, 4.69) is 32.2 Å². The second kappa shape index (κ2) is 8.17. The summed E-state index contributed by atoms with van der Waals surface area (Å²) in [6.45, 7) is 8.46. The van der Waals surface area contributed by atoms with E-state index in [1.165, 1.54) is 0 Å². The number of carbonyl (C=O) groups excluding carboxylic acids is 1. The number of aryl methyl sites for hydroxylation is 2. The van der Waals surface area contributed by atoms with Crippen molar-refractivity contribution in [1.82, 2.24) is 24.6 Å². The summed E-state index contributed by atoms with van der Waals surface area (Å²) in [5.74, 6) is 0.564. The van der Waals surface area contributed by atoms with E-state index in [0.29, 0.717) is 31.3 Å². The van der Waals surface area contributed by atoms with Gasteiger partial charge < -0.3 is 19.9 Å². The van der Waals surface area contributed by atoms with Crippen LogP contribution in [0.3, 0.4) is 0 Å². The predicted molar refractivity (Wildman–Crippen MR) is 116 cm³/mol. The van der Waals surface area contributed by atoms with Crippen LogP contribution >= 0.6 is 0 Å². The SMILES string of the molecule is CCOc1ccc(NC(=O)N2CCN(c3ccnc4c3cnn4C)[C@@H](C)C2)c(C)n1. The minimum Gasteiger partial charge on any atom is -0.478 e. The molecule has 3 aromatic heterocycles. The Morgan fingerprint density at radius 3 is 2.87 bits per heavy atom. The Bertz CT molecular complexity index is 1060. The number of carbonyl (C=O) groups is 1. The summed E-state index contributed by atoms with van der Waals surface area (Å²) >= 11 is 0. The minimum absolute atomic E-state index is 0.114. The lowest BCUT2D eigenvalue weighted by Gasteiger charge is -2.41. The fourth-order valence-corrected chi connectivity index (χ4v) is 3.88. The molecule has 0 saturated carbocycles. The topological polar surface area (TPSA) is 88.4 Å². The zero-order valence-corrected chi connectivity index (χ0v) is 17.8. The number of nitrogens with one attached hydrogen (secondary N) is 1. The van der Waals surface area contributed by atoms with Gasteiger partial charge in [-0.25, -0.2) is 14.8 Å². The molecule has 1 N–H and O–H groups in total. The third kappa shape index (κ3) is 3.74. The van der Waals surface area contributed by atoms with E-state index in [1.54, 1.807) is 10.7 Å². The van der Waals surface area contributed by atoms with E-state index in [9.17, 15) is 4.79 Å². The number of hydrogen-bond acceptors (Lipinski definition) is 6. The van der Waals surface area contributed by atoms with Gasteiger partial charge in [0.25, 0.3) is 0 Å². The highest BCUT2D eigenvalue weighted by Crippen LogP contribution is 2.28. The molecule has 1 atom stereocenters.